The first-order valence-electron chi connectivity index (χ1n) is 6.45. The van der Waals surface area contributed by atoms with Crippen LogP contribution < -0.4 is 10.5 Å². The Morgan fingerprint density at radius 3 is 2.89 bits per heavy atom. The Kier molecular flexibility index (Phi) is 3.79. The lowest BCUT2D eigenvalue weighted by Crippen LogP contribution is -2.10. The van der Waals surface area contributed by atoms with E-state index in [0.29, 0.717) is 24.3 Å². The number of hydrogen-bond acceptors (Lipinski definition) is 5. The molecule has 1 atom stereocenters. The van der Waals surface area contributed by atoms with E-state index in [1.165, 1.54) is 0 Å². The molecule has 0 fully saturated rings. The molecule has 1 aromatic rings. The maximum atomic E-state index is 5.70. The van der Waals surface area contributed by atoms with Crippen LogP contribution in [0.2, 0.25) is 0 Å². The van der Waals surface area contributed by atoms with Crippen molar-refractivity contribution >= 4 is 17.9 Å². The monoisotopic (exact) mass is 248 g/mol. The lowest BCUT2D eigenvalue weighted by molar-refractivity contribution is 0.327. The third kappa shape index (κ3) is 2.60. The molecule has 0 aliphatic carbocycles. The molecule has 0 spiro atoms. The van der Waals surface area contributed by atoms with Gasteiger partial charge in [-0.3, -0.25) is 4.99 Å². The van der Waals surface area contributed by atoms with Gasteiger partial charge < -0.3 is 10.5 Å². The van der Waals surface area contributed by atoms with Crippen LogP contribution in [0.4, 0.5) is 11.6 Å². The van der Waals surface area contributed by atoms with Crippen LogP contribution in [0.15, 0.2) is 4.99 Å². The zero-order valence-electron chi connectivity index (χ0n) is 11.2. The van der Waals surface area contributed by atoms with Gasteiger partial charge in [-0.2, -0.15) is 4.98 Å². The molecule has 98 valence electrons. The highest BCUT2D eigenvalue weighted by Crippen LogP contribution is 2.33. The van der Waals surface area contributed by atoms with E-state index in [1.807, 2.05) is 13.1 Å². The number of aromatic nitrogens is 2. The molecule has 2 N–H and O–H groups in total. The highest BCUT2D eigenvalue weighted by atomic mass is 16.5. The molecule has 1 unspecified atom stereocenters. The molecule has 0 aromatic carbocycles. The zero-order chi connectivity index (χ0) is 13.1. The fourth-order valence-corrected chi connectivity index (χ4v) is 2.09. The van der Waals surface area contributed by atoms with Crippen LogP contribution >= 0.6 is 0 Å². The van der Waals surface area contributed by atoms with E-state index in [9.17, 15) is 0 Å². The van der Waals surface area contributed by atoms with Crippen molar-refractivity contribution in [3.05, 3.63) is 5.69 Å². The molecule has 0 amide bonds. The van der Waals surface area contributed by atoms with Crippen LogP contribution in [-0.4, -0.2) is 22.8 Å². The minimum absolute atomic E-state index is 0.260. The van der Waals surface area contributed by atoms with Crippen molar-refractivity contribution in [3.63, 3.8) is 0 Å². The summed E-state index contributed by atoms with van der Waals surface area (Å²) in [4.78, 5) is 12.9. The van der Waals surface area contributed by atoms with Crippen LogP contribution in [0.1, 0.15) is 32.9 Å². The highest BCUT2D eigenvalue weighted by Gasteiger charge is 2.20. The second-order valence-electron chi connectivity index (χ2n) is 4.84. The third-order valence-corrected chi connectivity index (χ3v) is 3.19. The smallest absolute Gasteiger partial charge is 0.245 e. The number of nitrogens with two attached hydrogens (primary N) is 1. The Morgan fingerprint density at radius 2 is 2.22 bits per heavy atom. The van der Waals surface area contributed by atoms with Gasteiger partial charge in [0.15, 0.2) is 0 Å². The van der Waals surface area contributed by atoms with Crippen molar-refractivity contribution in [2.75, 3.05) is 12.3 Å². The van der Waals surface area contributed by atoms with Gasteiger partial charge in [0, 0.05) is 6.21 Å². The SMILES string of the molecule is CCOc1nc(N)nc2c1N=CC(C(C)C)CC2. The standard InChI is InChI=1S/C13H20N4O/c1-4-18-12-11-10(16-13(14)17-12)6-5-9(7-15-11)8(2)3/h7-9H,4-6H2,1-3H3,(H2,14,16,17). The van der Waals surface area contributed by atoms with Gasteiger partial charge in [-0.05, 0) is 31.6 Å². The molecule has 1 aliphatic heterocycles. The van der Waals surface area contributed by atoms with Crippen molar-refractivity contribution in [3.8, 4) is 5.88 Å². The van der Waals surface area contributed by atoms with Crippen LogP contribution in [0.25, 0.3) is 0 Å². The number of ether oxygens (including phenoxy) is 1. The minimum atomic E-state index is 0.260. The Hall–Kier alpha value is -1.65. The number of nitrogens with zero attached hydrogens (tertiary/aromatic N) is 3. The van der Waals surface area contributed by atoms with E-state index in [0.717, 1.165) is 24.2 Å². The molecule has 0 radical (unpaired) electrons. The van der Waals surface area contributed by atoms with Crippen molar-refractivity contribution in [1.29, 1.82) is 0 Å². The molecule has 0 saturated carbocycles. The van der Waals surface area contributed by atoms with Gasteiger partial charge in [0.1, 0.15) is 5.69 Å². The predicted molar refractivity (Wildman–Crippen MR) is 72.4 cm³/mol. The van der Waals surface area contributed by atoms with Crippen LogP contribution in [0.5, 0.6) is 5.88 Å². The van der Waals surface area contributed by atoms with E-state index in [-0.39, 0.29) is 5.95 Å². The number of anilines is 1. The Morgan fingerprint density at radius 1 is 1.44 bits per heavy atom. The van der Waals surface area contributed by atoms with Crippen molar-refractivity contribution in [1.82, 2.24) is 9.97 Å². The second kappa shape index (κ2) is 5.33. The van der Waals surface area contributed by atoms with Crippen molar-refractivity contribution in [2.45, 2.75) is 33.6 Å². The number of nitrogen functional groups attached to an aromatic ring is 1. The molecule has 0 saturated heterocycles. The highest BCUT2D eigenvalue weighted by molar-refractivity contribution is 5.70. The molecule has 5 heteroatoms. The van der Waals surface area contributed by atoms with E-state index in [2.05, 4.69) is 28.8 Å². The van der Waals surface area contributed by atoms with Crippen LogP contribution in [-0.2, 0) is 6.42 Å². The minimum Gasteiger partial charge on any atom is -0.476 e. The summed E-state index contributed by atoms with van der Waals surface area (Å²) in [6.07, 6.45) is 3.90. The lowest BCUT2D eigenvalue weighted by Gasteiger charge is -2.13. The van der Waals surface area contributed by atoms with E-state index in [1.54, 1.807) is 0 Å². The first-order chi connectivity index (χ1) is 8.61. The van der Waals surface area contributed by atoms with Gasteiger partial charge in [-0.15, -0.1) is 0 Å². The second-order valence-corrected chi connectivity index (χ2v) is 4.84. The molecule has 5 nitrogen and oxygen atoms in total. The van der Waals surface area contributed by atoms with Gasteiger partial charge in [0.25, 0.3) is 0 Å². The molecule has 2 rings (SSSR count). The zero-order valence-corrected chi connectivity index (χ0v) is 11.2. The molecule has 2 heterocycles. The fraction of sp³-hybridized carbons (Fsp3) is 0.615. The van der Waals surface area contributed by atoms with E-state index >= 15 is 0 Å². The fourth-order valence-electron chi connectivity index (χ4n) is 2.09. The summed E-state index contributed by atoms with van der Waals surface area (Å²) in [5, 5.41) is 0. The number of fused-ring (bicyclic) bond motifs is 1. The third-order valence-electron chi connectivity index (χ3n) is 3.19. The van der Waals surface area contributed by atoms with E-state index < -0.39 is 0 Å². The van der Waals surface area contributed by atoms with Gasteiger partial charge in [0.2, 0.25) is 11.8 Å². The summed E-state index contributed by atoms with van der Waals surface area (Å²) in [7, 11) is 0. The van der Waals surface area contributed by atoms with E-state index in [4.69, 9.17) is 10.5 Å². The molecule has 0 bridgehead atoms. The van der Waals surface area contributed by atoms with Crippen LogP contribution in [0.3, 0.4) is 0 Å². The normalized spacial score (nSPS) is 18.6. The molecule has 1 aromatic heterocycles. The summed E-state index contributed by atoms with van der Waals surface area (Å²) >= 11 is 0. The number of aliphatic imine (C=N–C) groups is 1. The summed E-state index contributed by atoms with van der Waals surface area (Å²) in [5.74, 6) is 1.80. The topological polar surface area (TPSA) is 73.4 Å². The Labute approximate surface area is 107 Å². The van der Waals surface area contributed by atoms with Gasteiger partial charge in [-0.25, -0.2) is 4.98 Å². The van der Waals surface area contributed by atoms with Crippen molar-refractivity contribution in [2.24, 2.45) is 16.8 Å². The average molecular weight is 248 g/mol. The largest absolute Gasteiger partial charge is 0.476 e. The molecule has 18 heavy (non-hydrogen) atoms. The number of hydrogen-bond donors (Lipinski definition) is 1. The molecular weight excluding hydrogens is 228 g/mol. The van der Waals surface area contributed by atoms with Crippen LogP contribution in [0, 0.1) is 11.8 Å². The van der Waals surface area contributed by atoms with Gasteiger partial charge in [-0.1, -0.05) is 13.8 Å². The first kappa shape index (κ1) is 12.8. The lowest BCUT2D eigenvalue weighted by atomic mass is 9.92. The quantitative estimate of drug-likeness (QED) is 0.891. The number of aryl methyl sites for hydroxylation is 1. The molecular formula is C13H20N4O. The summed E-state index contributed by atoms with van der Waals surface area (Å²) < 4.78 is 5.49. The maximum absolute atomic E-state index is 5.70. The van der Waals surface area contributed by atoms with Gasteiger partial charge in [0.05, 0.1) is 12.3 Å². The van der Waals surface area contributed by atoms with Crippen molar-refractivity contribution < 1.29 is 4.74 Å². The Bertz CT molecular complexity index is 457. The first-order valence-corrected chi connectivity index (χ1v) is 6.45. The summed E-state index contributed by atoms with van der Waals surface area (Å²) in [5.41, 5.74) is 7.34. The predicted octanol–water partition coefficient (Wildman–Crippen LogP) is 2.38. The summed E-state index contributed by atoms with van der Waals surface area (Å²) in [6.45, 7) is 6.88. The maximum Gasteiger partial charge on any atom is 0.245 e. The average Bonchev–Trinajstić information content (AvgIpc) is 2.51. The Balaban J connectivity index is 2.38. The van der Waals surface area contributed by atoms with Gasteiger partial charge >= 0.3 is 0 Å². The number of rotatable bonds is 3. The summed E-state index contributed by atoms with van der Waals surface area (Å²) in [6, 6.07) is 0. The molecule has 1 aliphatic rings.